The number of carbonyl (C=O) groups is 2. The number of hydrogen-bond donors (Lipinski definition) is 1. The van der Waals surface area contributed by atoms with Gasteiger partial charge in [-0.3, -0.25) is 13.9 Å². The van der Waals surface area contributed by atoms with Gasteiger partial charge in [0.1, 0.15) is 12.6 Å². The van der Waals surface area contributed by atoms with Gasteiger partial charge in [-0.15, -0.1) is 0 Å². The zero-order chi connectivity index (χ0) is 27.3. The van der Waals surface area contributed by atoms with Gasteiger partial charge in [0.05, 0.1) is 10.6 Å². The fourth-order valence-electron chi connectivity index (χ4n) is 3.67. The number of halogens is 3. The maximum absolute atomic E-state index is 13.7. The first-order valence-electron chi connectivity index (χ1n) is 11.2. The van der Waals surface area contributed by atoms with Crippen molar-refractivity contribution >= 4 is 62.3 Å². The molecular weight excluding hydrogens is 557 g/mol. The SMILES string of the molecule is CNC(=O)[C@H](C)N(Cc1ccc(Cl)cc1Cl)C(=O)CN(c1cccc(C)c1)S(=O)(=O)c1ccc(Cl)cc1. The van der Waals surface area contributed by atoms with E-state index in [1.807, 2.05) is 13.0 Å². The van der Waals surface area contributed by atoms with Crippen LogP contribution in [0, 0.1) is 6.92 Å². The summed E-state index contributed by atoms with van der Waals surface area (Å²) in [6.45, 7) is 2.79. The van der Waals surface area contributed by atoms with Crippen molar-refractivity contribution in [3.63, 3.8) is 0 Å². The first-order valence-corrected chi connectivity index (χ1v) is 13.8. The average Bonchev–Trinajstić information content (AvgIpc) is 2.86. The topological polar surface area (TPSA) is 86.8 Å². The highest BCUT2D eigenvalue weighted by atomic mass is 35.5. The van der Waals surface area contributed by atoms with Crippen molar-refractivity contribution in [1.29, 1.82) is 0 Å². The molecule has 37 heavy (non-hydrogen) atoms. The Kier molecular flexibility index (Phi) is 9.47. The lowest BCUT2D eigenvalue weighted by atomic mass is 10.1. The average molecular weight is 583 g/mol. The molecule has 11 heteroatoms. The standard InChI is InChI=1S/C26H26Cl3N3O4S/c1-17-5-4-6-22(13-17)32(37(35,36)23-11-9-20(27)10-12-23)16-25(33)31(18(2)26(34)30-3)15-19-7-8-21(28)14-24(19)29/h4-14,18H,15-16H2,1-3H3,(H,30,34)/t18-/m0/s1. The number of hydrogen-bond acceptors (Lipinski definition) is 4. The lowest BCUT2D eigenvalue weighted by Gasteiger charge is -2.32. The van der Waals surface area contributed by atoms with Gasteiger partial charge >= 0.3 is 0 Å². The summed E-state index contributed by atoms with van der Waals surface area (Å²) in [6, 6.07) is 16.4. The van der Waals surface area contributed by atoms with Gasteiger partial charge in [-0.05, 0) is 73.5 Å². The second kappa shape index (κ2) is 12.2. The third kappa shape index (κ3) is 6.96. The predicted octanol–water partition coefficient (Wildman–Crippen LogP) is 5.31. The van der Waals surface area contributed by atoms with E-state index in [0.717, 1.165) is 9.87 Å². The number of amides is 2. The summed E-state index contributed by atoms with van der Waals surface area (Å²) in [5, 5.41) is 3.65. The van der Waals surface area contributed by atoms with Crippen LogP contribution in [0.5, 0.6) is 0 Å². The Morgan fingerprint density at radius 3 is 2.19 bits per heavy atom. The van der Waals surface area contributed by atoms with Crippen molar-refractivity contribution in [2.75, 3.05) is 17.9 Å². The molecule has 7 nitrogen and oxygen atoms in total. The third-order valence-electron chi connectivity index (χ3n) is 5.74. The van der Waals surface area contributed by atoms with Crippen LogP contribution in [0.4, 0.5) is 5.69 Å². The molecule has 0 aromatic heterocycles. The highest BCUT2D eigenvalue weighted by Crippen LogP contribution is 2.27. The number of nitrogens with one attached hydrogen (secondary N) is 1. The Bertz CT molecular complexity index is 1400. The molecule has 0 aliphatic rings. The number of anilines is 1. The molecule has 0 aliphatic carbocycles. The van der Waals surface area contributed by atoms with Gasteiger partial charge in [0.25, 0.3) is 10.0 Å². The van der Waals surface area contributed by atoms with E-state index in [9.17, 15) is 18.0 Å². The van der Waals surface area contributed by atoms with Gasteiger partial charge in [-0.25, -0.2) is 8.42 Å². The second-order valence-electron chi connectivity index (χ2n) is 8.35. The fourth-order valence-corrected chi connectivity index (χ4v) is 5.67. The van der Waals surface area contributed by atoms with E-state index >= 15 is 0 Å². The van der Waals surface area contributed by atoms with E-state index < -0.39 is 34.4 Å². The van der Waals surface area contributed by atoms with E-state index in [1.165, 1.54) is 42.3 Å². The van der Waals surface area contributed by atoms with Crippen LogP contribution in [0.2, 0.25) is 15.1 Å². The molecule has 3 aromatic rings. The summed E-state index contributed by atoms with van der Waals surface area (Å²) < 4.78 is 28.5. The zero-order valence-corrected chi connectivity index (χ0v) is 23.5. The van der Waals surface area contributed by atoms with E-state index in [2.05, 4.69) is 5.32 Å². The van der Waals surface area contributed by atoms with Crippen molar-refractivity contribution in [1.82, 2.24) is 10.2 Å². The van der Waals surface area contributed by atoms with Crippen molar-refractivity contribution in [3.8, 4) is 0 Å². The Labute approximate surface area is 232 Å². The molecule has 2 amide bonds. The largest absolute Gasteiger partial charge is 0.357 e. The third-order valence-corrected chi connectivity index (χ3v) is 8.37. The molecule has 0 radical (unpaired) electrons. The second-order valence-corrected chi connectivity index (χ2v) is 11.5. The maximum atomic E-state index is 13.7. The number of aryl methyl sites for hydroxylation is 1. The lowest BCUT2D eigenvalue weighted by Crippen LogP contribution is -2.50. The molecule has 0 saturated carbocycles. The van der Waals surface area contributed by atoms with Gasteiger partial charge in [-0.2, -0.15) is 0 Å². The Morgan fingerprint density at radius 2 is 1.59 bits per heavy atom. The van der Waals surface area contributed by atoms with E-state index in [1.54, 1.807) is 37.3 Å². The minimum Gasteiger partial charge on any atom is -0.357 e. The number of rotatable bonds is 9. The van der Waals surface area contributed by atoms with Crippen molar-refractivity contribution < 1.29 is 18.0 Å². The maximum Gasteiger partial charge on any atom is 0.264 e. The monoisotopic (exact) mass is 581 g/mol. The molecule has 0 spiro atoms. The number of sulfonamides is 1. The summed E-state index contributed by atoms with van der Waals surface area (Å²) in [7, 11) is -2.71. The smallest absolute Gasteiger partial charge is 0.264 e. The molecule has 1 N–H and O–H groups in total. The quantitative estimate of drug-likeness (QED) is 0.370. The number of benzene rings is 3. The molecule has 0 bridgehead atoms. The molecule has 1 atom stereocenters. The Hall–Kier alpha value is -2.78. The van der Waals surface area contributed by atoms with Gasteiger partial charge in [-0.1, -0.05) is 53.0 Å². The van der Waals surface area contributed by atoms with Crippen LogP contribution >= 0.6 is 34.8 Å². The molecule has 0 aliphatic heterocycles. The van der Waals surface area contributed by atoms with Crippen LogP contribution in [0.25, 0.3) is 0 Å². The van der Waals surface area contributed by atoms with E-state index in [0.29, 0.717) is 26.3 Å². The Morgan fingerprint density at radius 1 is 0.946 bits per heavy atom. The zero-order valence-electron chi connectivity index (χ0n) is 20.4. The fraction of sp³-hybridized carbons (Fsp3) is 0.231. The molecule has 0 unspecified atom stereocenters. The van der Waals surface area contributed by atoms with Crippen LogP contribution in [0.15, 0.2) is 71.6 Å². The van der Waals surface area contributed by atoms with Gasteiger partial charge < -0.3 is 10.2 Å². The number of likely N-dealkylation sites (N-methyl/N-ethyl adjacent to an activating group) is 1. The number of carbonyl (C=O) groups excluding carboxylic acids is 2. The van der Waals surface area contributed by atoms with Crippen LogP contribution in [0.3, 0.4) is 0 Å². The minimum atomic E-state index is -4.17. The lowest BCUT2D eigenvalue weighted by molar-refractivity contribution is -0.139. The summed E-state index contributed by atoms with van der Waals surface area (Å²) >= 11 is 18.3. The summed E-state index contributed by atoms with van der Waals surface area (Å²) in [6.07, 6.45) is 0. The normalized spacial score (nSPS) is 12.1. The highest BCUT2D eigenvalue weighted by Gasteiger charge is 2.32. The molecule has 0 saturated heterocycles. The van der Waals surface area contributed by atoms with Crippen molar-refractivity contribution in [2.24, 2.45) is 0 Å². The van der Waals surface area contributed by atoms with Crippen LogP contribution in [0.1, 0.15) is 18.1 Å². The number of nitrogens with zero attached hydrogens (tertiary/aromatic N) is 2. The molecule has 196 valence electrons. The first kappa shape index (κ1) is 28.8. The van der Waals surface area contributed by atoms with Crippen LogP contribution in [-0.4, -0.2) is 44.8 Å². The summed E-state index contributed by atoms with van der Waals surface area (Å²) in [5.74, 6) is -1.01. The minimum absolute atomic E-state index is 0.0298. The molecule has 0 fully saturated rings. The molecular formula is C26H26Cl3N3O4S. The van der Waals surface area contributed by atoms with E-state index in [4.69, 9.17) is 34.8 Å². The van der Waals surface area contributed by atoms with Gasteiger partial charge in [0.2, 0.25) is 11.8 Å². The predicted molar refractivity (Wildman–Crippen MR) is 148 cm³/mol. The van der Waals surface area contributed by atoms with E-state index in [-0.39, 0.29) is 11.4 Å². The highest BCUT2D eigenvalue weighted by molar-refractivity contribution is 7.92. The van der Waals surface area contributed by atoms with Crippen molar-refractivity contribution in [3.05, 3.63) is 92.9 Å². The van der Waals surface area contributed by atoms with Crippen LogP contribution in [-0.2, 0) is 26.2 Å². The molecule has 3 rings (SSSR count). The van der Waals surface area contributed by atoms with Crippen LogP contribution < -0.4 is 9.62 Å². The first-order chi connectivity index (χ1) is 17.4. The van der Waals surface area contributed by atoms with Gasteiger partial charge in [0, 0.05) is 28.7 Å². The van der Waals surface area contributed by atoms with Crippen molar-refractivity contribution in [2.45, 2.75) is 31.3 Å². The summed E-state index contributed by atoms with van der Waals surface area (Å²) in [5.41, 5.74) is 1.67. The van der Waals surface area contributed by atoms with Gasteiger partial charge in [0.15, 0.2) is 0 Å². The summed E-state index contributed by atoms with van der Waals surface area (Å²) in [4.78, 5) is 27.5. The molecule has 0 heterocycles. The Balaban J connectivity index is 2.05. The molecule has 3 aromatic carbocycles.